The number of anilines is 1. The molecule has 2 aliphatic heterocycles. The van der Waals surface area contributed by atoms with E-state index >= 15 is 0 Å². The molecular weight excluding hydrogens is 568 g/mol. The van der Waals surface area contributed by atoms with Crippen molar-refractivity contribution >= 4 is 15.7 Å². The fourth-order valence-electron chi connectivity index (χ4n) is 5.85. The highest BCUT2D eigenvalue weighted by atomic mass is 32.2. The smallest absolute Gasteiger partial charge is 0.243 e. The number of hydrogen-bond donors (Lipinski definition) is 1. The molecule has 0 aromatic heterocycles. The predicted molar refractivity (Wildman–Crippen MR) is 165 cm³/mol. The summed E-state index contributed by atoms with van der Waals surface area (Å²) in [5, 5.41) is 11.4. The van der Waals surface area contributed by atoms with E-state index in [2.05, 4.69) is 11.0 Å². The van der Waals surface area contributed by atoms with Crippen molar-refractivity contribution in [2.24, 2.45) is 0 Å². The highest BCUT2D eigenvalue weighted by molar-refractivity contribution is 7.89. The van der Waals surface area contributed by atoms with Crippen LogP contribution in [-0.4, -0.2) is 83.6 Å². The highest BCUT2D eigenvalue weighted by Crippen LogP contribution is 2.36. The Labute approximate surface area is 255 Å². The van der Waals surface area contributed by atoms with Crippen LogP contribution < -0.4 is 9.64 Å². The summed E-state index contributed by atoms with van der Waals surface area (Å²) in [6.07, 6.45) is -0.630. The number of sulfonamides is 1. The van der Waals surface area contributed by atoms with E-state index in [1.807, 2.05) is 43.3 Å². The molecule has 5 rings (SSSR count). The van der Waals surface area contributed by atoms with Crippen molar-refractivity contribution in [3.8, 4) is 5.75 Å². The number of piperidine rings is 1. The van der Waals surface area contributed by atoms with Gasteiger partial charge in [-0.3, -0.25) is 0 Å². The van der Waals surface area contributed by atoms with Gasteiger partial charge < -0.3 is 29.0 Å². The number of aliphatic hydroxyl groups is 1. The summed E-state index contributed by atoms with van der Waals surface area (Å²) in [5.41, 5.74) is 4.85. The number of fused-ring (bicyclic) bond motifs is 1. The van der Waals surface area contributed by atoms with Gasteiger partial charge in [0.25, 0.3) is 0 Å². The molecule has 9 nitrogen and oxygen atoms in total. The van der Waals surface area contributed by atoms with E-state index in [1.54, 1.807) is 38.5 Å². The first-order chi connectivity index (χ1) is 20.8. The Morgan fingerprint density at radius 3 is 2.40 bits per heavy atom. The monoisotopic (exact) mass is 610 g/mol. The topological polar surface area (TPSA) is 97.8 Å². The molecular formula is C33H42N2O7S. The molecule has 2 heterocycles. The van der Waals surface area contributed by atoms with Gasteiger partial charge in [0.05, 0.1) is 42.5 Å². The van der Waals surface area contributed by atoms with Gasteiger partial charge in [-0.05, 0) is 54.3 Å². The molecule has 3 aromatic carbocycles. The van der Waals surface area contributed by atoms with Crippen LogP contribution in [0.15, 0.2) is 71.6 Å². The van der Waals surface area contributed by atoms with Gasteiger partial charge in [-0.25, -0.2) is 8.42 Å². The Morgan fingerprint density at radius 1 is 0.930 bits per heavy atom. The Kier molecular flexibility index (Phi) is 10.4. The van der Waals surface area contributed by atoms with Gasteiger partial charge in [-0.2, -0.15) is 4.31 Å². The maximum absolute atomic E-state index is 13.6. The van der Waals surface area contributed by atoms with E-state index in [4.69, 9.17) is 18.9 Å². The summed E-state index contributed by atoms with van der Waals surface area (Å²) >= 11 is 0. The lowest BCUT2D eigenvalue weighted by Crippen LogP contribution is -2.53. The molecule has 0 radical (unpaired) electrons. The normalized spacial score (nSPS) is 20.9. The second-order valence-electron chi connectivity index (χ2n) is 11.2. The number of benzene rings is 3. The molecule has 3 atom stereocenters. The minimum Gasteiger partial charge on any atom is -0.490 e. The zero-order valence-corrected chi connectivity index (χ0v) is 26.0. The average Bonchev–Trinajstić information content (AvgIpc) is 3.01. The van der Waals surface area contributed by atoms with Crippen LogP contribution in [0.4, 0.5) is 5.69 Å². The molecule has 1 N–H and O–H groups in total. The summed E-state index contributed by atoms with van der Waals surface area (Å²) in [6.45, 7) is 5.73. The van der Waals surface area contributed by atoms with E-state index in [0.717, 1.165) is 53.2 Å². The van der Waals surface area contributed by atoms with Crippen molar-refractivity contribution in [3.05, 3.63) is 89.0 Å². The van der Waals surface area contributed by atoms with E-state index in [9.17, 15) is 13.5 Å². The van der Waals surface area contributed by atoms with Crippen LogP contribution in [-0.2, 0) is 37.4 Å². The average molecular weight is 611 g/mol. The van der Waals surface area contributed by atoms with E-state index < -0.39 is 28.1 Å². The van der Waals surface area contributed by atoms with Gasteiger partial charge in [-0.15, -0.1) is 0 Å². The largest absolute Gasteiger partial charge is 0.490 e. The lowest BCUT2D eigenvalue weighted by molar-refractivity contribution is -0.0534. The summed E-state index contributed by atoms with van der Waals surface area (Å²) in [4.78, 5) is 2.50. The molecule has 0 spiro atoms. The number of methoxy groups -OCH3 is 2. The summed E-state index contributed by atoms with van der Waals surface area (Å²) < 4.78 is 51.5. The maximum Gasteiger partial charge on any atom is 0.243 e. The molecule has 0 saturated carbocycles. The maximum atomic E-state index is 13.6. The summed E-state index contributed by atoms with van der Waals surface area (Å²) in [6, 6.07) is 20.7. The van der Waals surface area contributed by atoms with Crippen LogP contribution in [0, 0.1) is 6.92 Å². The minimum atomic E-state index is -3.83. The fourth-order valence-corrected chi connectivity index (χ4v) is 7.32. The molecule has 1 fully saturated rings. The quantitative estimate of drug-likeness (QED) is 0.306. The van der Waals surface area contributed by atoms with E-state index in [0.29, 0.717) is 19.8 Å². The number of aliphatic hydroxyl groups excluding tert-OH is 1. The van der Waals surface area contributed by atoms with Gasteiger partial charge >= 0.3 is 0 Å². The standard InChI is InChI=1S/C33H42N2O7S/c1-24-5-12-28(13-6-24)43(37,38)35-20-30(36)33(27-10-7-25(8-11-27)22-40-3)32(21-35)42-23-26-9-14-31-29(19-26)34(16-18-41-31)15-4-17-39-2/h5-14,19,30,32-33,36H,4,15-18,20-23H2,1-3H3/t30-,32+,33+/m1/s1. The number of rotatable bonds is 12. The third-order valence-corrected chi connectivity index (χ3v) is 9.99. The first-order valence-electron chi connectivity index (χ1n) is 14.7. The molecule has 10 heteroatoms. The molecule has 3 aromatic rings. The molecule has 0 amide bonds. The van der Waals surface area contributed by atoms with Crippen LogP contribution in [0.2, 0.25) is 0 Å². The SMILES string of the molecule is COCCCN1CCOc2ccc(CO[C@H]3CN(S(=O)(=O)c4ccc(C)cc4)C[C@@H](O)[C@@H]3c3ccc(COC)cc3)cc21. The lowest BCUT2D eigenvalue weighted by atomic mass is 9.85. The predicted octanol–water partition coefficient (Wildman–Crippen LogP) is 4.11. The van der Waals surface area contributed by atoms with Crippen molar-refractivity contribution in [2.75, 3.05) is 58.5 Å². The number of β-amino-alcohol motifs (C(OH)–C–C–N with tert-alkyl or cyclic N) is 1. The zero-order valence-electron chi connectivity index (χ0n) is 25.1. The molecule has 232 valence electrons. The molecule has 2 aliphatic rings. The zero-order chi connectivity index (χ0) is 30.4. The number of aryl methyl sites for hydroxylation is 1. The Morgan fingerprint density at radius 2 is 1.67 bits per heavy atom. The molecule has 0 bridgehead atoms. The van der Waals surface area contributed by atoms with Crippen molar-refractivity contribution in [3.63, 3.8) is 0 Å². The van der Waals surface area contributed by atoms with Crippen molar-refractivity contribution in [2.45, 2.75) is 49.6 Å². The summed E-state index contributed by atoms with van der Waals surface area (Å²) in [7, 11) is -0.477. The van der Waals surface area contributed by atoms with Crippen LogP contribution in [0.1, 0.15) is 34.6 Å². The van der Waals surface area contributed by atoms with Crippen LogP contribution >= 0.6 is 0 Å². The highest BCUT2D eigenvalue weighted by Gasteiger charge is 2.42. The Hall–Kier alpha value is -2.99. The summed E-state index contributed by atoms with van der Waals surface area (Å²) in [5.74, 6) is 0.428. The Balaban J connectivity index is 1.39. The van der Waals surface area contributed by atoms with Gasteiger partial charge in [0, 0.05) is 46.4 Å². The lowest BCUT2D eigenvalue weighted by Gasteiger charge is -2.41. The van der Waals surface area contributed by atoms with Crippen molar-refractivity contribution in [1.29, 1.82) is 0 Å². The first kappa shape index (κ1) is 31.4. The van der Waals surface area contributed by atoms with Gasteiger partial charge in [0.1, 0.15) is 12.4 Å². The van der Waals surface area contributed by atoms with Crippen LogP contribution in [0.3, 0.4) is 0 Å². The fraction of sp³-hybridized carbons (Fsp3) is 0.455. The van der Waals surface area contributed by atoms with E-state index in [1.165, 1.54) is 4.31 Å². The molecule has 0 unspecified atom stereocenters. The number of ether oxygens (including phenoxy) is 4. The third-order valence-electron chi connectivity index (χ3n) is 8.15. The van der Waals surface area contributed by atoms with Gasteiger partial charge in [0.15, 0.2) is 0 Å². The number of nitrogens with zero attached hydrogens (tertiary/aromatic N) is 2. The van der Waals surface area contributed by atoms with Crippen molar-refractivity contribution < 1.29 is 32.5 Å². The van der Waals surface area contributed by atoms with E-state index in [-0.39, 0.29) is 24.6 Å². The first-order valence-corrected chi connectivity index (χ1v) is 16.2. The molecule has 1 saturated heterocycles. The van der Waals surface area contributed by atoms with Gasteiger partial charge in [0.2, 0.25) is 10.0 Å². The molecule has 0 aliphatic carbocycles. The van der Waals surface area contributed by atoms with Crippen LogP contribution in [0.25, 0.3) is 0 Å². The number of hydrogen-bond acceptors (Lipinski definition) is 8. The second-order valence-corrected chi connectivity index (χ2v) is 13.2. The third kappa shape index (κ3) is 7.39. The van der Waals surface area contributed by atoms with Crippen LogP contribution in [0.5, 0.6) is 5.75 Å². The van der Waals surface area contributed by atoms with Crippen molar-refractivity contribution in [1.82, 2.24) is 4.31 Å². The Bertz CT molecular complexity index is 1450. The van der Waals surface area contributed by atoms with Gasteiger partial charge in [-0.1, -0.05) is 48.0 Å². The second kappa shape index (κ2) is 14.2. The minimum absolute atomic E-state index is 0.0207. The molecule has 43 heavy (non-hydrogen) atoms.